The van der Waals surface area contributed by atoms with Crippen molar-refractivity contribution in [3.05, 3.63) is 29.8 Å². The van der Waals surface area contributed by atoms with Crippen molar-refractivity contribution in [2.75, 3.05) is 6.61 Å². The van der Waals surface area contributed by atoms with Crippen LogP contribution in [0.5, 0.6) is 5.75 Å². The number of hydrogen-bond donors (Lipinski definition) is 2. The molecule has 0 aliphatic rings. The van der Waals surface area contributed by atoms with Crippen molar-refractivity contribution in [1.82, 2.24) is 5.32 Å². The molecule has 0 saturated heterocycles. The van der Waals surface area contributed by atoms with Gasteiger partial charge in [0.25, 0.3) is 0 Å². The Balaban J connectivity index is 2.41. The van der Waals surface area contributed by atoms with E-state index in [1.807, 2.05) is 26.8 Å². The Labute approximate surface area is 119 Å². The predicted octanol–water partition coefficient (Wildman–Crippen LogP) is 1.43. The number of nitriles is 1. The summed E-state index contributed by atoms with van der Waals surface area (Å²) < 4.78 is 5.54. The highest BCUT2D eigenvalue weighted by molar-refractivity contribution is 5.81. The van der Waals surface area contributed by atoms with Gasteiger partial charge in [0.05, 0.1) is 23.7 Å². The minimum Gasteiger partial charge on any atom is -0.491 e. The van der Waals surface area contributed by atoms with E-state index in [4.69, 9.17) is 15.7 Å². The van der Waals surface area contributed by atoms with E-state index >= 15 is 0 Å². The molecule has 1 amide bonds. The van der Waals surface area contributed by atoms with Crippen molar-refractivity contribution < 1.29 is 9.53 Å². The molecule has 2 unspecified atom stereocenters. The number of nitrogens with two attached hydrogens (primary N) is 1. The topological polar surface area (TPSA) is 88.1 Å². The lowest BCUT2D eigenvalue weighted by atomic mass is 10.0. The lowest BCUT2D eigenvalue weighted by molar-refractivity contribution is -0.124. The van der Waals surface area contributed by atoms with Crippen LogP contribution in [0.1, 0.15) is 26.3 Å². The van der Waals surface area contributed by atoms with Crippen LogP contribution in [0, 0.1) is 17.2 Å². The fraction of sp³-hybridized carbons (Fsp3) is 0.467. The van der Waals surface area contributed by atoms with Crippen LogP contribution >= 0.6 is 0 Å². The van der Waals surface area contributed by atoms with Crippen LogP contribution in [-0.4, -0.2) is 24.6 Å². The molecule has 1 aromatic rings. The Morgan fingerprint density at radius 3 is 2.45 bits per heavy atom. The monoisotopic (exact) mass is 275 g/mol. The third-order valence-corrected chi connectivity index (χ3v) is 2.89. The minimum atomic E-state index is -0.507. The van der Waals surface area contributed by atoms with Gasteiger partial charge >= 0.3 is 0 Å². The van der Waals surface area contributed by atoms with E-state index in [-0.39, 0.29) is 17.9 Å². The smallest absolute Gasteiger partial charge is 0.237 e. The molecule has 0 fully saturated rings. The maximum atomic E-state index is 11.8. The van der Waals surface area contributed by atoms with E-state index in [9.17, 15) is 4.79 Å². The summed E-state index contributed by atoms with van der Waals surface area (Å²) in [6.07, 6.45) is 0. The molecule has 5 heteroatoms. The van der Waals surface area contributed by atoms with Crippen molar-refractivity contribution in [3.63, 3.8) is 0 Å². The Hall–Kier alpha value is -2.06. The number of rotatable bonds is 6. The molecule has 0 saturated carbocycles. The first kappa shape index (κ1) is 16.0. The highest BCUT2D eigenvalue weighted by Gasteiger charge is 2.18. The summed E-state index contributed by atoms with van der Waals surface area (Å²) in [6.45, 7) is 6.02. The van der Waals surface area contributed by atoms with Crippen molar-refractivity contribution in [3.8, 4) is 11.8 Å². The quantitative estimate of drug-likeness (QED) is 0.822. The summed E-state index contributed by atoms with van der Waals surface area (Å²) in [5.41, 5.74) is 6.35. The molecule has 0 spiro atoms. The van der Waals surface area contributed by atoms with Gasteiger partial charge in [-0.2, -0.15) is 5.26 Å². The molecule has 0 aromatic heterocycles. The van der Waals surface area contributed by atoms with Crippen LogP contribution in [-0.2, 0) is 4.79 Å². The zero-order chi connectivity index (χ0) is 15.1. The molecule has 3 N–H and O–H groups in total. The first-order chi connectivity index (χ1) is 9.43. The number of amides is 1. The fourth-order valence-corrected chi connectivity index (χ4v) is 1.53. The van der Waals surface area contributed by atoms with E-state index in [1.165, 1.54) is 0 Å². The van der Waals surface area contributed by atoms with Crippen LogP contribution in [0.2, 0.25) is 0 Å². The maximum absolute atomic E-state index is 11.8. The molecule has 2 atom stereocenters. The molecular formula is C15H21N3O2. The third kappa shape index (κ3) is 4.90. The van der Waals surface area contributed by atoms with Gasteiger partial charge in [-0.1, -0.05) is 13.8 Å². The predicted molar refractivity (Wildman–Crippen MR) is 77.1 cm³/mol. The van der Waals surface area contributed by atoms with E-state index in [0.717, 1.165) is 0 Å². The van der Waals surface area contributed by atoms with E-state index in [2.05, 4.69) is 5.32 Å². The van der Waals surface area contributed by atoms with Gasteiger partial charge in [0.15, 0.2) is 0 Å². The maximum Gasteiger partial charge on any atom is 0.237 e. The molecule has 5 nitrogen and oxygen atoms in total. The number of ether oxygens (including phenoxy) is 1. The number of nitrogens with zero attached hydrogens (tertiary/aromatic N) is 1. The lowest BCUT2D eigenvalue weighted by Crippen LogP contribution is -2.48. The zero-order valence-electron chi connectivity index (χ0n) is 12.1. The Bertz CT molecular complexity index is 477. The normalized spacial score (nSPS) is 13.4. The van der Waals surface area contributed by atoms with E-state index < -0.39 is 6.04 Å². The van der Waals surface area contributed by atoms with E-state index in [0.29, 0.717) is 17.9 Å². The van der Waals surface area contributed by atoms with Crippen molar-refractivity contribution in [2.24, 2.45) is 11.7 Å². The molecule has 0 heterocycles. The number of hydrogen-bond acceptors (Lipinski definition) is 4. The average Bonchev–Trinajstić information content (AvgIpc) is 2.44. The van der Waals surface area contributed by atoms with Crippen LogP contribution in [0.3, 0.4) is 0 Å². The van der Waals surface area contributed by atoms with Crippen LogP contribution in [0.15, 0.2) is 24.3 Å². The second-order valence-corrected chi connectivity index (χ2v) is 5.13. The highest BCUT2D eigenvalue weighted by atomic mass is 16.5. The molecule has 0 aliphatic carbocycles. The standard InChI is InChI=1S/C15H21N3O2/c1-10(2)14(17)15(19)18-11(3)9-20-13-6-4-12(8-16)5-7-13/h4-7,10-11,14H,9,17H2,1-3H3,(H,18,19). The van der Waals surface area contributed by atoms with Gasteiger partial charge in [-0.25, -0.2) is 0 Å². The van der Waals surface area contributed by atoms with E-state index in [1.54, 1.807) is 24.3 Å². The van der Waals surface area contributed by atoms with Gasteiger partial charge in [-0.05, 0) is 37.1 Å². The Kier molecular flexibility index (Phi) is 6.01. The molecule has 1 aromatic carbocycles. The third-order valence-electron chi connectivity index (χ3n) is 2.89. The van der Waals surface area contributed by atoms with Crippen LogP contribution in [0.4, 0.5) is 0 Å². The Morgan fingerprint density at radius 1 is 1.35 bits per heavy atom. The summed E-state index contributed by atoms with van der Waals surface area (Å²) in [5.74, 6) is 0.593. The molecule has 0 radical (unpaired) electrons. The molecular weight excluding hydrogens is 254 g/mol. The molecule has 1 rings (SSSR count). The Morgan fingerprint density at radius 2 is 1.95 bits per heavy atom. The van der Waals surface area contributed by atoms with Gasteiger partial charge in [-0.15, -0.1) is 0 Å². The van der Waals surface area contributed by atoms with Gasteiger partial charge in [0.1, 0.15) is 12.4 Å². The van der Waals surface area contributed by atoms with Gasteiger partial charge < -0.3 is 15.8 Å². The highest BCUT2D eigenvalue weighted by Crippen LogP contribution is 2.11. The van der Waals surface area contributed by atoms with Gasteiger partial charge in [-0.3, -0.25) is 4.79 Å². The molecule has 0 aliphatic heterocycles. The summed E-state index contributed by atoms with van der Waals surface area (Å²) in [6, 6.07) is 8.23. The van der Waals surface area contributed by atoms with Crippen molar-refractivity contribution >= 4 is 5.91 Å². The second-order valence-electron chi connectivity index (χ2n) is 5.13. The second kappa shape index (κ2) is 7.51. The SMILES string of the molecule is CC(COc1ccc(C#N)cc1)NC(=O)C(N)C(C)C. The van der Waals surface area contributed by atoms with Crippen molar-refractivity contribution in [2.45, 2.75) is 32.9 Å². The number of nitrogens with one attached hydrogen (secondary N) is 1. The number of carbonyl (C=O) groups excluding carboxylic acids is 1. The van der Waals surface area contributed by atoms with Crippen molar-refractivity contribution in [1.29, 1.82) is 5.26 Å². The van der Waals surface area contributed by atoms with Gasteiger partial charge in [0.2, 0.25) is 5.91 Å². The first-order valence-corrected chi connectivity index (χ1v) is 6.63. The summed E-state index contributed by atoms with van der Waals surface area (Å²) >= 11 is 0. The number of benzene rings is 1. The zero-order valence-corrected chi connectivity index (χ0v) is 12.1. The van der Waals surface area contributed by atoms with Gasteiger partial charge in [0, 0.05) is 0 Å². The summed E-state index contributed by atoms with van der Waals surface area (Å²) in [4.78, 5) is 11.8. The van der Waals surface area contributed by atoms with Crippen LogP contribution in [0.25, 0.3) is 0 Å². The number of carbonyl (C=O) groups is 1. The molecule has 0 bridgehead atoms. The van der Waals surface area contributed by atoms with Crippen LogP contribution < -0.4 is 15.8 Å². The lowest BCUT2D eigenvalue weighted by Gasteiger charge is -2.20. The largest absolute Gasteiger partial charge is 0.491 e. The first-order valence-electron chi connectivity index (χ1n) is 6.63. The fourth-order valence-electron chi connectivity index (χ4n) is 1.53. The summed E-state index contributed by atoms with van der Waals surface area (Å²) in [5, 5.41) is 11.5. The minimum absolute atomic E-state index is 0.0987. The molecule has 108 valence electrons. The molecule has 20 heavy (non-hydrogen) atoms. The average molecular weight is 275 g/mol. The summed E-state index contributed by atoms with van der Waals surface area (Å²) in [7, 11) is 0.